The Morgan fingerprint density at radius 1 is 0.468 bits per heavy atom. The predicted octanol–water partition coefficient (Wildman–Crippen LogP) is 12.1. The van der Waals surface area contributed by atoms with E-state index in [1.165, 1.54) is 88.3 Å². The van der Waals surface area contributed by atoms with Crippen LogP contribution in [0.2, 0.25) is 0 Å². The predicted molar refractivity (Wildman–Crippen MR) is 199 cm³/mol. The number of rotatable bonds is 3. The Balaban J connectivity index is 1.14. The lowest BCUT2D eigenvalue weighted by molar-refractivity contribution is 0.660. The number of H-pyrrole nitrogens is 1. The quantitative estimate of drug-likeness (QED) is 0.208. The van der Waals surface area contributed by atoms with Crippen LogP contribution in [0.5, 0.6) is 0 Å². The van der Waals surface area contributed by atoms with Gasteiger partial charge in [-0.25, -0.2) is 0 Å². The first kappa shape index (κ1) is 26.4. The van der Waals surface area contributed by atoms with Gasteiger partial charge in [-0.1, -0.05) is 129 Å². The number of nitrogens with one attached hydrogen (secondary N) is 1. The van der Waals surface area contributed by atoms with Gasteiger partial charge in [-0.05, 0) is 75.3 Å². The van der Waals surface area contributed by atoms with Gasteiger partial charge in [0, 0.05) is 43.7 Å². The van der Waals surface area contributed by atoms with E-state index >= 15 is 0 Å². The summed E-state index contributed by atoms with van der Waals surface area (Å²) < 4.78 is 2.40. The van der Waals surface area contributed by atoms with Crippen molar-refractivity contribution < 1.29 is 0 Å². The molecular weight excluding hydrogens is 569 g/mol. The first-order valence-electron chi connectivity index (χ1n) is 16.5. The van der Waals surface area contributed by atoms with Crippen LogP contribution in [0.4, 0.5) is 0 Å². The number of aromatic nitrogens is 2. The molecule has 9 aromatic rings. The second-order valence-electron chi connectivity index (χ2n) is 13.4. The van der Waals surface area contributed by atoms with E-state index < -0.39 is 0 Å². The zero-order valence-electron chi connectivity index (χ0n) is 26.4. The molecule has 0 radical (unpaired) electrons. The third kappa shape index (κ3) is 3.67. The van der Waals surface area contributed by atoms with Gasteiger partial charge in [0.15, 0.2) is 0 Å². The van der Waals surface area contributed by atoms with Crippen LogP contribution in [-0.4, -0.2) is 9.55 Å². The molecule has 0 bridgehead atoms. The number of aromatic amines is 1. The largest absolute Gasteiger partial charge is 0.354 e. The van der Waals surface area contributed by atoms with Crippen LogP contribution >= 0.6 is 0 Å². The molecule has 0 unspecified atom stereocenters. The van der Waals surface area contributed by atoms with Crippen LogP contribution in [0.1, 0.15) is 25.0 Å². The summed E-state index contributed by atoms with van der Waals surface area (Å²) in [4.78, 5) is 3.81. The highest BCUT2D eigenvalue weighted by molar-refractivity contribution is 6.14. The highest BCUT2D eigenvalue weighted by Crippen LogP contribution is 2.52. The molecule has 2 heterocycles. The molecular formula is C45H32N2. The summed E-state index contributed by atoms with van der Waals surface area (Å²) >= 11 is 0. The zero-order valence-corrected chi connectivity index (χ0v) is 26.4. The van der Waals surface area contributed by atoms with Crippen molar-refractivity contribution in [3.8, 4) is 39.1 Å². The molecule has 1 aliphatic rings. The van der Waals surface area contributed by atoms with E-state index in [0.717, 1.165) is 5.52 Å². The average Bonchev–Trinajstić information content (AvgIpc) is 3.74. The van der Waals surface area contributed by atoms with Gasteiger partial charge in [0.1, 0.15) is 0 Å². The van der Waals surface area contributed by atoms with Gasteiger partial charge in [-0.15, -0.1) is 0 Å². The van der Waals surface area contributed by atoms with E-state index in [1.807, 2.05) is 0 Å². The Morgan fingerprint density at radius 3 is 1.87 bits per heavy atom. The molecule has 1 N–H and O–H groups in total. The summed E-state index contributed by atoms with van der Waals surface area (Å²) in [5.74, 6) is 0. The number of hydrogen-bond donors (Lipinski definition) is 1. The summed E-state index contributed by atoms with van der Waals surface area (Å²) in [6.45, 7) is 4.70. The molecule has 222 valence electrons. The van der Waals surface area contributed by atoms with Crippen molar-refractivity contribution in [3.63, 3.8) is 0 Å². The Kier molecular flexibility index (Phi) is 5.37. The van der Waals surface area contributed by atoms with Crippen molar-refractivity contribution in [1.29, 1.82) is 0 Å². The standard InChI is InChI=1S/C45H32N2/c1-45(2)38-20-6-3-16-36(38)43-31(17-11-21-39(43)45)28-12-9-13-29(26-28)32-18-10-19-35-37-27-30(24-25-40(37)46-44(32)35)47-41-22-7-4-14-33(41)34-15-5-8-23-42(34)47/h3-27,46H,1-2H3. The van der Waals surface area contributed by atoms with Crippen LogP contribution in [0.3, 0.4) is 0 Å². The summed E-state index contributed by atoms with van der Waals surface area (Å²) in [5.41, 5.74) is 16.4. The third-order valence-electron chi connectivity index (χ3n) is 10.5. The van der Waals surface area contributed by atoms with Gasteiger partial charge < -0.3 is 9.55 Å². The maximum atomic E-state index is 3.81. The molecule has 2 heteroatoms. The smallest absolute Gasteiger partial charge is 0.0544 e. The number of para-hydroxylation sites is 3. The first-order chi connectivity index (χ1) is 23.1. The molecule has 0 saturated carbocycles. The molecule has 2 nitrogen and oxygen atoms in total. The van der Waals surface area contributed by atoms with Gasteiger partial charge in [0.2, 0.25) is 0 Å². The molecule has 0 amide bonds. The highest BCUT2D eigenvalue weighted by atomic mass is 15.0. The molecule has 47 heavy (non-hydrogen) atoms. The van der Waals surface area contributed by atoms with Crippen molar-refractivity contribution in [3.05, 3.63) is 163 Å². The highest BCUT2D eigenvalue weighted by Gasteiger charge is 2.36. The van der Waals surface area contributed by atoms with Crippen molar-refractivity contribution in [2.24, 2.45) is 0 Å². The van der Waals surface area contributed by atoms with Crippen LogP contribution < -0.4 is 0 Å². The van der Waals surface area contributed by atoms with Crippen molar-refractivity contribution in [2.45, 2.75) is 19.3 Å². The lowest BCUT2D eigenvalue weighted by Crippen LogP contribution is -2.14. The topological polar surface area (TPSA) is 20.7 Å². The molecule has 0 spiro atoms. The second-order valence-corrected chi connectivity index (χ2v) is 13.4. The van der Waals surface area contributed by atoms with E-state index in [1.54, 1.807) is 0 Å². The fourth-order valence-corrected chi connectivity index (χ4v) is 8.34. The molecule has 0 atom stereocenters. The molecule has 0 saturated heterocycles. The van der Waals surface area contributed by atoms with Crippen molar-refractivity contribution in [1.82, 2.24) is 9.55 Å². The van der Waals surface area contributed by atoms with Crippen molar-refractivity contribution in [2.75, 3.05) is 0 Å². The van der Waals surface area contributed by atoms with Gasteiger partial charge in [-0.3, -0.25) is 0 Å². The monoisotopic (exact) mass is 600 g/mol. The third-order valence-corrected chi connectivity index (χ3v) is 10.5. The fraction of sp³-hybridized carbons (Fsp3) is 0.0667. The molecule has 10 rings (SSSR count). The summed E-state index contributed by atoms with van der Waals surface area (Å²) in [7, 11) is 0. The molecule has 2 aromatic heterocycles. The number of fused-ring (bicyclic) bond motifs is 9. The molecule has 7 aromatic carbocycles. The summed E-state index contributed by atoms with van der Waals surface area (Å²) in [6, 6.07) is 55.7. The second kappa shape index (κ2) is 9.57. The lowest BCUT2D eigenvalue weighted by Gasteiger charge is -2.21. The van der Waals surface area contributed by atoms with Gasteiger partial charge >= 0.3 is 0 Å². The van der Waals surface area contributed by atoms with Crippen LogP contribution in [0.15, 0.2) is 152 Å². The van der Waals surface area contributed by atoms with Gasteiger partial charge in [0.05, 0.1) is 16.6 Å². The summed E-state index contributed by atoms with van der Waals surface area (Å²) in [5, 5.41) is 5.03. The van der Waals surface area contributed by atoms with E-state index in [0.29, 0.717) is 0 Å². The first-order valence-corrected chi connectivity index (χ1v) is 16.5. The minimum absolute atomic E-state index is 0.0203. The Hall–Kier alpha value is -5.86. The number of hydrogen-bond acceptors (Lipinski definition) is 0. The maximum absolute atomic E-state index is 3.81. The average molecular weight is 601 g/mol. The number of nitrogens with zero attached hydrogens (tertiary/aromatic N) is 1. The van der Waals surface area contributed by atoms with E-state index in [2.05, 4.69) is 175 Å². The SMILES string of the molecule is CC1(C)c2ccccc2-c2c(-c3cccc(-c4cccc5c4[nH]c4ccc(-n6c7ccccc7c7ccccc76)cc45)c3)cccc21. The van der Waals surface area contributed by atoms with E-state index in [-0.39, 0.29) is 5.41 Å². The minimum Gasteiger partial charge on any atom is -0.354 e. The Morgan fingerprint density at radius 2 is 1.06 bits per heavy atom. The molecule has 1 aliphatic carbocycles. The minimum atomic E-state index is -0.0203. The van der Waals surface area contributed by atoms with Gasteiger partial charge in [0.25, 0.3) is 0 Å². The summed E-state index contributed by atoms with van der Waals surface area (Å²) in [6.07, 6.45) is 0. The Bertz CT molecular complexity index is 2660. The van der Waals surface area contributed by atoms with E-state index in [4.69, 9.17) is 0 Å². The van der Waals surface area contributed by atoms with Gasteiger partial charge in [-0.2, -0.15) is 0 Å². The molecule has 0 aliphatic heterocycles. The lowest BCUT2D eigenvalue weighted by atomic mass is 9.82. The van der Waals surface area contributed by atoms with Crippen LogP contribution in [-0.2, 0) is 5.41 Å². The normalized spacial score (nSPS) is 13.5. The Labute approximate surface area is 273 Å². The van der Waals surface area contributed by atoms with Crippen LogP contribution in [0, 0.1) is 0 Å². The number of benzene rings is 7. The zero-order chi connectivity index (χ0) is 31.3. The molecule has 0 fully saturated rings. The maximum Gasteiger partial charge on any atom is 0.0544 e. The van der Waals surface area contributed by atoms with Crippen molar-refractivity contribution >= 4 is 43.6 Å². The van der Waals surface area contributed by atoms with Crippen LogP contribution in [0.25, 0.3) is 82.7 Å². The van der Waals surface area contributed by atoms with E-state index in [9.17, 15) is 0 Å². The fourth-order valence-electron chi connectivity index (χ4n) is 8.34.